The Morgan fingerprint density at radius 2 is 2.32 bits per heavy atom. The van der Waals surface area contributed by atoms with Crippen LogP contribution in [0.5, 0.6) is 0 Å². The summed E-state index contributed by atoms with van der Waals surface area (Å²) in [4.78, 5) is 25.0. The maximum Gasteiger partial charge on any atom is 0.243 e. The number of nitrogens with one attached hydrogen (secondary N) is 1. The smallest absolute Gasteiger partial charge is 0.243 e. The Morgan fingerprint density at radius 1 is 1.58 bits per heavy atom. The van der Waals surface area contributed by atoms with Crippen LogP contribution in [0.25, 0.3) is 0 Å². The Labute approximate surface area is 116 Å². The number of nitrogens with two attached hydrogens (primary N) is 1. The molecule has 0 aromatic heterocycles. The topological polar surface area (TPSA) is 75.4 Å². The largest absolute Gasteiger partial charge is 0.397 e. The number of benzene rings is 1. The predicted octanol–water partition coefficient (Wildman–Crippen LogP) is 1.73. The molecule has 1 aromatic rings. The minimum atomic E-state index is -0.232. The molecule has 1 aliphatic rings. The second-order valence-electron chi connectivity index (χ2n) is 4.87. The molecule has 1 aromatic carbocycles. The Morgan fingerprint density at radius 3 is 2.89 bits per heavy atom. The number of halogens is 1. The molecular formula is C13H16ClN3O2. The van der Waals surface area contributed by atoms with Gasteiger partial charge < -0.3 is 16.0 Å². The molecule has 1 aliphatic heterocycles. The third kappa shape index (κ3) is 3.38. The van der Waals surface area contributed by atoms with Crippen molar-refractivity contribution in [2.75, 3.05) is 24.1 Å². The lowest BCUT2D eigenvalue weighted by molar-refractivity contribution is -0.131. The number of carbonyl (C=O) groups is 2. The maximum atomic E-state index is 11.8. The van der Waals surface area contributed by atoms with Crippen LogP contribution in [0.4, 0.5) is 11.4 Å². The minimum absolute atomic E-state index is 0.0262. The summed E-state index contributed by atoms with van der Waals surface area (Å²) in [5.41, 5.74) is 6.64. The summed E-state index contributed by atoms with van der Waals surface area (Å²) < 4.78 is 0. The highest BCUT2D eigenvalue weighted by Crippen LogP contribution is 2.22. The lowest BCUT2D eigenvalue weighted by atomic mass is 10.2. The van der Waals surface area contributed by atoms with Gasteiger partial charge in [-0.2, -0.15) is 0 Å². The second-order valence-corrected chi connectivity index (χ2v) is 5.28. The van der Waals surface area contributed by atoms with Crippen LogP contribution in [0.1, 0.15) is 13.3 Å². The van der Waals surface area contributed by atoms with Crippen molar-refractivity contribution >= 4 is 34.8 Å². The van der Waals surface area contributed by atoms with Crippen molar-refractivity contribution in [2.24, 2.45) is 5.92 Å². The molecule has 19 heavy (non-hydrogen) atoms. The summed E-state index contributed by atoms with van der Waals surface area (Å²) in [6, 6.07) is 4.88. The van der Waals surface area contributed by atoms with Gasteiger partial charge in [-0.25, -0.2) is 0 Å². The number of hydrogen-bond donors (Lipinski definition) is 2. The van der Waals surface area contributed by atoms with Crippen molar-refractivity contribution in [3.05, 3.63) is 23.2 Å². The maximum absolute atomic E-state index is 11.8. The van der Waals surface area contributed by atoms with Gasteiger partial charge in [-0.3, -0.25) is 9.59 Å². The van der Waals surface area contributed by atoms with Gasteiger partial charge in [0.15, 0.2) is 0 Å². The Kier molecular flexibility index (Phi) is 3.95. The van der Waals surface area contributed by atoms with Crippen LogP contribution in [0.3, 0.4) is 0 Å². The van der Waals surface area contributed by atoms with E-state index in [-0.39, 0.29) is 18.4 Å². The fourth-order valence-electron chi connectivity index (χ4n) is 2.12. The molecule has 1 heterocycles. The van der Waals surface area contributed by atoms with Gasteiger partial charge in [-0.15, -0.1) is 0 Å². The predicted molar refractivity (Wildman–Crippen MR) is 74.9 cm³/mol. The first-order valence-corrected chi connectivity index (χ1v) is 6.46. The minimum Gasteiger partial charge on any atom is -0.397 e. The molecule has 0 radical (unpaired) electrons. The summed E-state index contributed by atoms with van der Waals surface area (Å²) in [5, 5.41) is 3.15. The van der Waals surface area contributed by atoms with Crippen molar-refractivity contribution in [1.82, 2.24) is 4.90 Å². The summed E-state index contributed by atoms with van der Waals surface area (Å²) in [7, 11) is 0. The SMILES string of the molecule is CC1CC(=O)N(CC(=O)Nc2ccc(Cl)c(N)c2)C1. The van der Waals surface area contributed by atoms with E-state index in [1.807, 2.05) is 6.92 Å². The van der Waals surface area contributed by atoms with Gasteiger partial charge in [-0.1, -0.05) is 18.5 Å². The van der Waals surface area contributed by atoms with E-state index in [2.05, 4.69) is 5.32 Å². The molecule has 1 saturated heterocycles. The van der Waals surface area contributed by atoms with Gasteiger partial charge in [-0.05, 0) is 24.1 Å². The number of likely N-dealkylation sites (tertiary alicyclic amines) is 1. The van der Waals surface area contributed by atoms with Crippen LogP contribution in [-0.4, -0.2) is 29.8 Å². The van der Waals surface area contributed by atoms with Gasteiger partial charge >= 0.3 is 0 Å². The van der Waals surface area contributed by atoms with Gasteiger partial charge in [0.05, 0.1) is 17.3 Å². The number of anilines is 2. The quantitative estimate of drug-likeness (QED) is 0.829. The van der Waals surface area contributed by atoms with Crippen LogP contribution in [0, 0.1) is 5.92 Å². The number of hydrogen-bond acceptors (Lipinski definition) is 3. The van der Waals surface area contributed by atoms with Gasteiger partial charge in [0.25, 0.3) is 0 Å². The number of nitrogens with zero attached hydrogens (tertiary/aromatic N) is 1. The standard InChI is InChI=1S/C13H16ClN3O2/c1-8-4-13(19)17(6-8)7-12(18)16-9-2-3-10(14)11(15)5-9/h2-3,5,8H,4,6-7,15H2,1H3,(H,16,18). The van der Waals surface area contributed by atoms with Crippen molar-refractivity contribution in [3.8, 4) is 0 Å². The zero-order valence-corrected chi connectivity index (χ0v) is 11.4. The normalized spacial score (nSPS) is 18.7. The molecule has 5 nitrogen and oxygen atoms in total. The number of amides is 2. The van der Waals surface area contributed by atoms with E-state index in [1.54, 1.807) is 23.1 Å². The summed E-state index contributed by atoms with van der Waals surface area (Å²) >= 11 is 5.80. The van der Waals surface area contributed by atoms with E-state index in [0.29, 0.717) is 35.3 Å². The molecule has 2 amide bonds. The second kappa shape index (κ2) is 5.48. The van der Waals surface area contributed by atoms with Crippen LogP contribution >= 0.6 is 11.6 Å². The molecule has 6 heteroatoms. The zero-order valence-electron chi connectivity index (χ0n) is 10.6. The first kappa shape index (κ1) is 13.7. The third-order valence-electron chi connectivity index (χ3n) is 3.02. The molecule has 1 unspecified atom stereocenters. The van der Waals surface area contributed by atoms with Gasteiger partial charge in [0.1, 0.15) is 0 Å². The van der Waals surface area contributed by atoms with Crippen molar-refractivity contribution in [1.29, 1.82) is 0 Å². The van der Waals surface area contributed by atoms with E-state index in [0.717, 1.165) is 0 Å². The molecule has 2 rings (SSSR count). The average Bonchev–Trinajstić information content (AvgIpc) is 2.62. The zero-order chi connectivity index (χ0) is 14.0. The molecule has 102 valence electrons. The van der Waals surface area contributed by atoms with Crippen molar-refractivity contribution in [3.63, 3.8) is 0 Å². The fourth-order valence-corrected chi connectivity index (χ4v) is 2.24. The van der Waals surface area contributed by atoms with Crippen LogP contribution in [0.15, 0.2) is 18.2 Å². The Balaban J connectivity index is 1.94. The molecule has 3 N–H and O–H groups in total. The third-order valence-corrected chi connectivity index (χ3v) is 3.37. The van der Waals surface area contributed by atoms with Gasteiger partial charge in [0.2, 0.25) is 11.8 Å². The van der Waals surface area contributed by atoms with E-state index >= 15 is 0 Å². The van der Waals surface area contributed by atoms with Crippen molar-refractivity contribution < 1.29 is 9.59 Å². The highest BCUT2D eigenvalue weighted by molar-refractivity contribution is 6.33. The summed E-state index contributed by atoms with van der Waals surface area (Å²) in [5.74, 6) is 0.105. The highest BCUT2D eigenvalue weighted by atomic mass is 35.5. The Hall–Kier alpha value is -1.75. The van der Waals surface area contributed by atoms with E-state index < -0.39 is 0 Å². The van der Waals surface area contributed by atoms with E-state index in [4.69, 9.17) is 17.3 Å². The number of nitrogen functional groups attached to an aromatic ring is 1. The molecule has 0 saturated carbocycles. The monoisotopic (exact) mass is 281 g/mol. The lowest BCUT2D eigenvalue weighted by Gasteiger charge is -2.15. The molecule has 0 aliphatic carbocycles. The molecule has 1 atom stereocenters. The number of rotatable bonds is 3. The molecule has 0 bridgehead atoms. The molecule has 1 fully saturated rings. The number of carbonyl (C=O) groups excluding carboxylic acids is 2. The fraction of sp³-hybridized carbons (Fsp3) is 0.385. The first-order chi connectivity index (χ1) is 8.95. The first-order valence-electron chi connectivity index (χ1n) is 6.08. The molecule has 0 spiro atoms. The van der Waals surface area contributed by atoms with Crippen molar-refractivity contribution in [2.45, 2.75) is 13.3 Å². The van der Waals surface area contributed by atoms with E-state index in [9.17, 15) is 9.59 Å². The Bertz CT molecular complexity index is 519. The summed E-state index contributed by atoms with van der Waals surface area (Å²) in [6.45, 7) is 2.70. The molecular weight excluding hydrogens is 266 g/mol. The van der Waals surface area contributed by atoms with E-state index in [1.165, 1.54) is 0 Å². The van der Waals surface area contributed by atoms with Gasteiger partial charge in [0, 0.05) is 18.7 Å². The summed E-state index contributed by atoms with van der Waals surface area (Å²) in [6.07, 6.45) is 0.515. The lowest BCUT2D eigenvalue weighted by Crippen LogP contribution is -2.34. The van der Waals surface area contributed by atoms with Crippen LogP contribution in [-0.2, 0) is 9.59 Å². The van der Waals surface area contributed by atoms with Crippen LogP contribution in [0.2, 0.25) is 5.02 Å². The highest BCUT2D eigenvalue weighted by Gasteiger charge is 2.27. The average molecular weight is 282 g/mol. The van der Waals surface area contributed by atoms with Crippen LogP contribution < -0.4 is 11.1 Å².